The van der Waals surface area contributed by atoms with E-state index in [4.69, 9.17) is 9.90 Å². The molecule has 2 aliphatic heterocycles. The summed E-state index contributed by atoms with van der Waals surface area (Å²) in [5, 5.41) is 9.80. The molecule has 1 aromatic rings. The van der Waals surface area contributed by atoms with Crippen LogP contribution in [0.15, 0.2) is 18.3 Å². The number of hydrogen-bond donors (Lipinski definition) is 2. The topological polar surface area (TPSA) is 99.6 Å². The smallest absolute Gasteiger partial charge is 0.290 e. The van der Waals surface area contributed by atoms with Gasteiger partial charge in [0.15, 0.2) is 0 Å². The summed E-state index contributed by atoms with van der Waals surface area (Å²) in [6, 6.07) is 3.84. The van der Waals surface area contributed by atoms with E-state index in [1.807, 2.05) is 19.1 Å². The lowest BCUT2D eigenvalue weighted by Gasteiger charge is -2.17. The molecule has 2 saturated heterocycles. The van der Waals surface area contributed by atoms with Crippen molar-refractivity contribution in [3.05, 3.63) is 29.6 Å². The largest absolute Gasteiger partial charge is 0.483 e. The number of aromatic nitrogens is 1. The quantitative estimate of drug-likeness (QED) is 0.712. The van der Waals surface area contributed by atoms with Gasteiger partial charge in [0.2, 0.25) is 5.91 Å². The van der Waals surface area contributed by atoms with Gasteiger partial charge in [-0.15, -0.1) is 0 Å². The van der Waals surface area contributed by atoms with E-state index >= 15 is 0 Å². The van der Waals surface area contributed by atoms with Crippen LogP contribution in [0, 0.1) is 12.8 Å². The maximum absolute atomic E-state index is 12.3. The highest BCUT2D eigenvalue weighted by molar-refractivity contribution is 5.94. The lowest BCUT2D eigenvalue weighted by atomic mass is 10.1. The molecule has 0 aromatic carbocycles. The zero-order valence-electron chi connectivity index (χ0n) is 11.7. The maximum atomic E-state index is 12.3. The van der Waals surface area contributed by atoms with Crippen molar-refractivity contribution in [2.75, 3.05) is 13.1 Å². The van der Waals surface area contributed by atoms with Gasteiger partial charge < -0.3 is 15.3 Å². The number of likely N-dealkylation sites (tertiary alicyclic amines) is 1. The van der Waals surface area contributed by atoms with Crippen LogP contribution >= 0.6 is 0 Å². The first-order valence-corrected chi connectivity index (χ1v) is 6.65. The number of hydrogen-bond acceptors (Lipinski definition) is 4. The molecule has 2 atom stereocenters. The minimum atomic E-state index is -0.250. The van der Waals surface area contributed by atoms with E-state index in [-0.39, 0.29) is 30.2 Å². The summed E-state index contributed by atoms with van der Waals surface area (Å²) in [5.41, 5.74) is 1.41. The van der Waals surface area contributed by atoms with Crippen molar-refractivity contribution in [3.8, 4) is 0 Å². The molecule has 2 N–H and O–H groups in total. The summed E-state index contributed by atoms with van der Waals surface area (Å²) in [6.45, 7) is 2.89. The highest BCUT2D eigenvalue weighted by Gasteiger charge is 2.42. The van der Waals surface area contributed by atoms with Crippen LogP contribution in [-0.4, -0.2) is 52.4 Å². The third-order valence-corrected chi connectivity index (χ3v) is 3.73. The average molecular weight is 291 g/mol. The Morgan fingerprint density at radius 2 is 2.24 bits per heavy atom. The molecular formula is C14H17N3O4. The van der Waals surface area contributed by atoms with Gasteiger partial charge >= 0.3 is 0 Å². The first kappa shape index (κ1) is 15.0. The summed E-state index contributed by atoms with van der Waals surface area (Å²) in [6.07, 6.45) is 2.18. The van der Waals surface area contributed by atoms with E-state index in [0.29, 0.717) is 25.2 Å². The lowest BCUT2D eigenvalue weighted by molar-refractivity contribution is -0.123. The Morgan fingerprint density at radius 1 is 1.52 bits per heavy atom. The van der Waals surface area contributed by atoms with Crippen LogP contribution in [0.25, 0.3) is 0 Å². The van der Waals surface area contributed by atoms with Gasteiger partial charge in [-0.2, -0.15) is 0 Å². The molecule has 2 amide bonds. The highest BCUT2D eigenvalue weighted by atomic mass is 16.3. The van der Waals surface area contributed by atoms with Crippen molar-refractivity contribution in [2.45, 2.75) is 19.4 Å². The van der Waals surface area contributed by atoms with Crippen LogP contribution in [0.3, 0.4) is 0 Å². The predicted octanol–water partition coefficient (Wildman–Crippen LogP) is 0.0513. The van der Waals surface area contributed by atoms with Gasteiger partial charge in [0.1, 0.15) is 5.69 Å². The average Bonchev–Trinajstić information content (AvgIpc) is 2.96. The number of carbonyl (C=O) groups is 3. The summed E-state index contributed by atoms with van der Waals surface area (Å²) < 4.78 is 0. The van der Waals surface area contributed by atoms with E-state index < -0.39 is 0 Å². The predicted molar refractivity (Wildman–Crippen MR) is 73.6 cm³/mol. The van der Waals surface area contributed by atoms with Crippen LogP contribution in [0.1, 0.15) is 22.5 Å². The van der Waals surface area contributed by atoms with Gasteiger partial charge in [-0.25, -0.2) is 0 Å². The second kappa shape index (κ2) is 6.34. The maximum Gasteiger partial charge on any atom is 0.290 e. The number of carboxylic acid groups (broad SMARTS) is 1. The van der Waals surface area contributed by atoms with Crippen LogP contribution in [0.4, 0.5) is 0 Å². The molecule has 0 bridgehead atoms. The molecule has 2 aliphatic rings. The summed E-state index contributed by atoms with van der Waals surface area (Å²) in [4.78, 5) is 37.9. The lowest BCUT2D eigenvalue weighted by Crippen LogP contribution is -2.36. The normalized spacial score (nSPS) is 22.9. The second-order valence-corrected chi connectivity index (χ2v) is 5.12. The van der Waals surface area contributed by atoms with E-state index in [1.165, 1.54) is 0 Å². The molecule has 0 radical (unpaired) electrons. The summed E-state index contributed by atoms with van der Waals surface area (Å²) in [5.74, 6) is 0.341. The number of pyridine rings is 1. The van der Waals surface area contributed by atoms with Gasteiger partial charge in [-0.1, -0.05) is 6.07 Å². The number of amides is 2. The SMILES string of the molecule is Cc1cccnc1C(=O)N1C[C@@H]2CC(=O)N[C@@H]2C1.O=CO. The first-order valence-electron chi connectivity index (χ1n) is 6.65. The second-order valence-electron chi connectivity index (χ2n) is 5.12. The fourth-order valence-corrected chi connectivity index (χ4v) is 2.77. The van der Waals surface area contributed by atoms with Gasteiger partial charge in [-0.05, 0) is 18.6 Å². The fourth-order valence-electron chi connectivity index (χ4n) is 2.77. The Bertz CT molecular complexity index is 545. The first-order chi connectivity index (χ1) is 10.1. The molecular weight excluding hydrogens is 274 g/mol. The van der Waals surface area contributed by atoms with Crippen LogP contribution in [0.2, 0.25) is 0 Å². The van der Waals surface area contributed by atoms with E-state index in [1.54, 1.807) is 11.1 Å². The molecule has 0 spiro atoms. The van der Waals surface area contributed by atoms with Crippen molar-refractivity contribution in [2.24, 2.45) is 5.92 Å². The van der Waals surface area contributed by atoms with Gasteiger partial charge in [-0.3, -0.25) is 19.4 Å². The number of fused-ring (bicyclic) bond motifs is 1. The third-order valence-electron chi connectivity index (χ3n) is 3.73. The Morgan fingerprint density at radius 3 is 2.86 bits per heavy atom. The number of aryl methyl sites for hydroxylation is 1. The van der Waals surface area contributed by atoms with E-state index in [0.717, 1.165) is 5.56 Å². The molecule has 112 valence electrons. The van der Waals surface area contributed by atoms with Gasteiger partial charge in [0.25, 0.3) is 12.4 Å². The molecule has 0 unspecified atom stereocenters. The Labute approximate surface area is 122 Å². The Balaban J connectivity index is 0.000000497. The van der Waals surface area contributed by atoms with Gasteiger partial charge in [0.05, 0.1) is 6.04 Å². The standard InChI is InChI=1S/C13H15N3O2.CH2O2/c1-8-3-2-4-14-12(8)13(18)16-6-9-5-11(17)15-10(9)7-16;2-1-3/h2-4,9-10H,5-7H2,1H3,(H,15,17);1H,(H,2,3)/t9-,10+;/m0./s1. The third kappa shape index (κ3) is 3.18. The summed E-state index contributed by atoms with van der Waals surface area (Å²) >= 11 is 0. The van der Waals surface area contributed by atoms with E-state index in [2.05, 4.69) is 10.3 Å². The Kier molecular flexibility index (Phi) is 4.52. The molecule has 21 heavy (non-hydrogen) atoms. The zero-order chi connectivity index (χ0) is 15.4. The van der Waals surface area contributed by atoms with Crippen LogP contribution in [-0.2, 0) is 9.59 Å². The molecule has 0 saturated carbocycles. The number of carbonyl (C=O) groups excluding carboxylic acids is 2. The highest BCUT2D eigenvalue weighted by Crippen LogP contribution is 2.26. The van der Waals surface area contributed by atoms with Crippen LogP contribution < -0.4 is 5.32 Å². The van der Waals surface area contributed by atoms with E-state index in [9.17, 15) is 9.59 Å². The van der Waals surface area contributed by atoms with Crippen molar-refractivity contribution in [3.63, 3.8) is 0 Å². The molecule has 0 aliphatic carbocycles. The fraction of sp³-hybridized carbons (Fsp3) is 0.429. The molecule has 7 nitrogen and oxygen atoms in total. The number of nitrogens with zero attached hydrogens (tertiary/aromatic N) is 2. The zero-order valence-corrected chi connectivity index (χ0v) is 11.7. The van der Waals surface area contributed by atoms with Crippen molar-refractivity contribution in [1.29, 1.82) is 0 Å². The monoisotopic (exact) mass is 291 g/mol. The van der Waals surface area contributed by atoms with Crippen molar-refractivity contribution in [1.82, 2.24) is 15.2 Å². The van der Waals surface area contributed by atoms with Gasteiger partial charge in [0, 0.05) is 31.6 Å². The molecule has 3 heterocycles. The number of nitrogens with one attached hydrogen (secondary N) is 1. The minimum absolute atomic E-state index is 0.0308. The Hall–Kier alpha value is -2.44. The number of rotatable bonds is 1. The molecule has 7 heteroatoms. The summed E-state index contributed by atoms with van der Waals surface area (Å²) in [7, 11) is 0. The van der Waals surface area contributed by atoms with Crippen LogP contribution in [0.5, 0.6) is 0 Å². The molecule has 3 rings (SSSR count). The molecule has 1 aromatic heterocycles. The van der Waals surface area contributed by atoms with Crippen molar-refractivity contribution < 1.29 is 19.5 Å². The van der Waals surface area contributed by atoms with Crippen molar-refractivity contribution >= 4 is 18.3 Å². The molecule has 2 fully saturated rings. The minimum Gasteiger partial charge on any atom is -0.483 e.